The molecule has 1 amide bonds. The maximum Gasteiger partial charge on any atom is 0.225 e. The van der Waals surface area contributed by atoms with Crippen LogP contribution in [0.3, 0.4) is 0 Å². The van der Waals surface area contributed by atoms with Crippen LogP contribution in [0.5, 0.6) is 0 Å². The monoisotopic (exact) mass is 247 g/mol. The summed E-state index contributed by atoms with van der Waals surface area (Å²) in [4.78, 5) is 12.6. The lowest BCUT2D eigenvalue weighted by Crippen LogP contribution is -2.38. The van der Waals surface area contributed by atoms with Crippen molar-refractivity contribution in [3.63, 3.8) is 0 Å². The minimum absolute atomic E-state index is 0.0476. The minimum atomic E-state index is -0.202. The molecular formula is C14H17NOS. The summed E-state index contributed by atoms with van der Waals surface area (Å²) >= 11 is 4.19. The average molecular weight is 247 g/mol. The average Bonchev–Trinajstić information content (AvgIpc) is 2.28. The summed E-state index contributed by atoms with van der Waals surface area (Å²) in [6, 6.07) is 7.32. The normalized spacial score (nSPS) is 11.9. The zero-order valence-corrected chi connectivity index (χ0v) is 11.0. The number of thiol groups is 1. The molecule has 0 radical (unpaired) electrons. The van der Waals surface area contributed by atoms with Gasteiger partial charge >= 0.3 is 0 Å². The van der Waals surface area contributed by atoms with Crippen LogP contribution in [0.4, 0.5) is 0 Å². The van der Waals surface area contributed by atoms with Crippen LogP contribution >= 0.6 is 12.6 Å². The topological polar surface area (TPSA) is 29.1 Å². The molecule has 1 N–H and O–H groups in total. The molecule has 0 fully saturated rings. The van der Waals surface area contributed by atoms with Crippen LogP contribution in [0.15, 0.2) is 29.2 Å². The Hall–Kier alpha value is -1.40. The lowest BCUT2D eigenvalue weighted by Gasteiger charge is -2.16. The van der Waals surface area contributed by atoms with Gasteiger partial charge in [0.2, 0.25) is 5.91 Å². The van der Waals surface area contributed by atoms with E-state index in [-0.39, 0.29) is 17.9 Å². The molecule has 0 saturated heterocycles. The minimum Gasteiger partial charge on any atom is -0.342 e. The van der Waals surface area contributed by atoms with Gasteiger partial charge in [-0.25, -0.2) is 0 Å². The Kier molecular flexibility index (Phi) is 5.11. The van der Waals surface area contributed by atoms with Gasteiger partial charge in [0.25, 0.3) is 0 Å². The van der Waals surface area contributed by atoms with E-state index in [1.165, 1.54) is 0 Å². The molecule has 0 saturated carbocycles. The van der Waals surface area contributed by atoms with Crippen LogP contribution in [0.1, 0.15) is 19.4 Å². The van der Waals surface area contributed by atoms with Gasteiger partial charge < -0.3 is 5.32 Å². The van der Waals surface area contributed by atoms with Gasteiger partial charge in [0.05, 0.1) is 12.5 Å². The second kappa shape index (κ2) is 6.36. The van der Waals surface area contributed by atoms with Gasteiger partial charge in [-0.3, -0.25) is 4.79 Å². The van der Waals surface area contributed by atoms with E-state index < -0.39 is 0 Å². The van der Waals surface area contributed by atoms with E-state index in [1.807, 2.05) is 38.1 Å². The predicted molar refractivity (Wildman–Crippen MR) is 73.0 cm³/mol. The highest BCUT2D eigenvalue weighted by molar-refractivity contribution is 7.80. The largest absolute Gasteiger partial charge is 0.342 e. The summed E-state index contributed by atoms with van der Waals surface area (Å²) in [6.07, 6.45) is 5.71. The smallest absolute Gasteiger partial charge is 0.225 e. The van der Waals surface area contributed by atoms with Gasteiger partial charge in [0, 0.05) is 4.90 Å². The van der Waals surface area contributed by atoms with Crippen molar-refractivity contribution < 1.29 is 4.79 Å². The van der Waals surface area contributed by atoms with Gasteiger partial charge in [-0.1, -0.05) is 31.9 Å². The summed E-state index contributed by atoms with van der Waals surface area (Å²) in [6.45, 7) is 3.97. The van der Waals surface area contributed by atoms with Crippen molar-refractivity contribution in [2.75, 3.05) is 0 Å². The summed E-state index contributed by atoms with van der Waals surface area (Å²) < 4.78 is 0. The van der Waals surface area contributed by atoms with Crippen LogP contribution in [0.25, 0.3) is 0 Å². The standard InChI is InChI=1S/C14H17NOS/c1-4-13(10(2)3)15-14(16)9-11-5-7-12(17)8-6-11/h1,5-8,10,13,17H,9H2,2-3H3,(H,15,16). The fourth-order valence-electron chi connectivity index (χ4n) is 1.42. The van der Waals surface area contributed by atoms with Crippen molar-refractivity contribution in [1.82, 2.24) is 5.32 Å². The first-order chi connectivity index (χ1) is 8.02. The van der Waals surface area contributed by atoms with E-state index in [0.29, 0.717) is 6.42 Å². The molecule has 0 bridgehead atoms. The number of amides is 1. The van der Waals surface area contributed by atoms with Crippen molar-refractivity contribution in [2.24, 2.45) is 5.92 Å². The first-order valence-corrected chi connectivity index (χ1v) is 6.01. The van der Waals surface area contributed by atoms with Crippen molar-refractivity contribution in [3.8, 4) is 12.3 Å². The molecule has 1 aromatic carbocycles. The Balaban J connectivity index is 2.55. The second-order valence-corrected chi connectivity index (χ2v) is 4.82. The maximum absolute atomic E-state index is 11.7. The Morgan fingerprint density at radius 1 is 1.41 bits per heavy atom. The highest BCUT2D eigenvalue weighted by Crippen LogP contribution is 2.08. The Bertz CT molecular complexity index is 417. The highest BCUT2D eigenvalue weighted by atomic mass is 32.1. The van der Waals surface area contributed by atoms with E-state index in [2.05, 4.69) is 23.9 Å². The van der Waals surface area contributed by atoms with Crippen LogP contribution in [0.2, 0.25) is 0 Å². The number of hydrogen-bond acceptors (Lipinski definition) is 2. The molecule has 0 aromatic heterocycles. The number of benzene rings is 1. The molecule has 0 spiro atoms. The molecule has 90 valence electrons. The number of nitrogens with one attached hydrogen (secondary N) is 1. The Morgan fingerprint density at radius 3 is 2.47 bits per heavy atom. The fraction of sp³-hybridized carbons (Fsp3) is 0.357. The number of terminal acetylenes is 1. The van der Waals surface area contributed by atoms with Crippen LogP contribution in [-0.2, 0) is 11.2 Å². The third kappa shape index (κ3) is 4.54. The zero-order chi connectivity index (χ0) is 12.8. The molecule has 17 heavy (non-hydrogen) atoms. The van der Waals surface area contributed by atoms with E-state index in [9.17, 15) is 4.79 Å². The third-order valence-corrected chi connectivity index (χ3v) is 2.76. The molecule has 1 unspecified atom stereocenters. The maximum atomic E-state index is 11.7. The molecule has 1 aromatic rings. The molecular weight excluding hydrogens is 230 g/mol. The summed E-state index contributed by atoms with van der Waals surface area (Å²) in [5, 5.41) is 2.84. The van der Waals surface area contributed by atoms with Gasteiger partial charge in [-0.05, 0) is 23.6 Å². The highest BCUT2D eigenvalue weighted by Gasteiger charge is 2.13. The Morgan fingerprint density at radius 2 is 2.00 bits per heavy atom. The summed E-state index contributed by atoms with van der Waals surface area (Å²) in [5.41, 5.74) is 0.958. The van der Waals surface area contributed by atoms with Gasteiger partial charge in [0.1, 0.15) is 0 Å². The van der Waals surface area contributed by atoms with Gasteiger partial charge in [-0.2, -0.15) is 0 Å². The van der Waals surface area contributed by atoms with Crippen LogP contribution in [0, 0.1) is 18.3 Å². The first-order valence-electron chi connectivity index (χ1n) is 5.56. The van der Waals surface area contributed by atoms with Crippen molar-refractivity contribution in [1.29, 1.82) is 0 Å². The quantitative estimate of drug-likeness (QED) is 0.620. The summed E-state index contributed by atoms with van der Waals surface area (Å²) in [7, 11) is 0. The van der Waals surface area contributed by atoms with E-state index in [1.54, 1.807) is 0 Å². The van der Waals surface area contributed by atoms with E-state index in [4.69, 9.17) is 6.42 Å². The lowest BCUT2D eigenvalue weighted by molar-refractivity contribution is -0.121. The number of carbonyl (C=O) groups excluding carboxylic acids is 1. The molecule has 1 rings (SSSR count). The number of hydrogen-bond donors (Lipinski definition) is 2. The van der Waals surface area contributed by atoms with Crippen LogP contribution < -0.4 is 5.32 Å². The van der Waals surface area contributed by atoms with Gasteiger partial charge in [0.15, 0.2) is 0 Å². The molecule has 1 atom stereocenters. The third-order valence-electron chi connectivity index (χ3n) is 2.46. The molecule has 0 aliphatic heterocycles. The van der Waals surface area contributed by atoms with Gasteiger partial charge in [-0.15, -0.1) is 19.1 Å². The number of rotatable bonds is 4. The van der Waals surface area contributed by atoms with Crippen molar-refractivity contribution >= 4 is 18.5 Å². The molecule has 3 heteroatoms. The number of carbonyl (C=O) groups is 1. The Labute approximate surface area is 108 Å². The van der Waals surface area contributed by atoms with Crippen molar-refractivity contribution in [3.05, 3.63) is 29.8 Å². The first kappa shape index (κ1) is 13.7. The molecule has 0 aliphatic carbocycles. The molecule has 0 aliphatic rings. The van der Waals surface area contributed by atoms with E-state index >= 15 is 0 Å². The van der Waals surface area contributed by atoms with Crippen molar-refractivity contribution in [2.45, 2.75) is 31.2 Å². The summed E-state index contributed by atoms with van der Waals surface area (Å²) in [5.74, 6) is 2.78. The molecule has 0 heterocycles. The molecule has 2 nitrogen and oxygen atoms in total. The SMILES string of the molecule is C#CC(NC(=O)Cc1ccc(S)cc1)C(C)C. The fourth-order valence-corrected chi connectivity index (χ4v) is 1.57. The zero-order valence-electron chi connectivity index (χ0n) is 10.1. The predicted octanol–water partition coefficient (Wildman–Crippen LogP) is 2.29. The van der Waals surface area contributed by atoms with E-state index in [0.717, 1.165) is 10.5 Å². The lowest BCUT2D eigenvalue weighted by atomic mass is 10.0. The second-order valence-electron chi connectivity index (χ2n) is 4.30. The van der Waals surface area contributed by atoms with Crippen LogP contribution in [-0.4, -0.2) is 11.9 Å².